The molecule has 2 rings (SSSR count). The van der Waals surface area contributed by atoms with E-state index in [0.29, 0.717) is 17.9 Å². The quantitative estimate of drug-likeness (QED) is 0.770. The molecular weight excluding hydrogens is 298 g/mol. The first-order valence-corrected chi connectivity index (χ1v) is 8.83. The zero-order valence-electron chi connectivity index (χ0n) is 12.7. The van der Waals surface area contributed by atoms with Crippen LogP contribution >= 0.6 is 10.8 Å². The predicted octanol–water partition coefficient (Wildman–Crippen LogP) is 2.98. The fourth-order valence-corrected chi connectivity index (χ4v) is 3.75. The summed E-state index contributed by atoms with van der Waals surface area (Å²) in [6, 6.07) is 19.0. The monoisotopic (exact) mass is 322 g/mol. The lowest BCUT2D eigenvalue weighted by atomic mass is 9.96. The number of aliphatic hydroxyl groups is 1. The van der Waals surface area contributed by atoms with Crippen molar-refractivity contribution in [3.63, 3.8) is 0 Å². The molecule has 0 heterocycles. The maximum Gasteiger partial charge on any atom is 0.119 e. The number of hydrogen-bond donors (Lipinski definition) is 2. The average molecular weight is 322 g/mol. The van der Waals surface area contributed by atoms with Crippen molar-refractivity contribution >= 4 is 10.8 Å². The fourth-order valence-electron chi connectivity index (χ4n) is 2.45. The van der Waals surface area contributed by atoms with E-state index in [0.717, 1.165) is 5.56 Å². The van der Waals surface area contributed by atoms with Crippen LogP contribution in [0.25, 0.3) is 0 Å². The fraction of sp³-hybridized carbons (Fsp3) is 0.294. The molecule has 2 aromatic rings. The van der Waals surface area contributed by atoms with E-state index in [1.807, 2.05) is 48.5 Å². The Labute approximate surface area is 133 Å². The van der Waals surface area contributed by atoms with Crippen LogP contribution in [0.1, 0.15) is 17.9 Å². The molecule has 0 aliphatic carbocycles. The molecule has 0 fully saturated rings. The first-order valence-electron chi connectivity index (χ1n) is 7.28. The maximum atomic E-state index is 10.6. The molecule has 0 aromatic heterocycles. The van der Waals surface area contributed by atoms with Crippen molar-refractivity contribution < 1.29 is 14.2 Å². The molecule has 0 bridgehead atoms. The van der Waals surface area contributed by atoms with Crippen molar-refractivity contribution in [2.45, 2.75) is 17.2 Å². The molecule has 4 nitrogen and oxygen atoms in total. The molecule has 2 aromatic carbocycles. The number of benzene rings is 2. The predicted molar refractivity (Wildman–Crippen MR) is 92.1 cm³/mol. The molecule has 2 unspecified atom stereocenters. The summed E-state index contributed by atoms with van der Waals surface area (Å²) in [6.07, 6.45) is 0.610. The van der Waals surface area contributed by atoms with Gasteiger partial charge >= 0.3 is 0 Å². The lowest BCUT2D eigenvalue weighted by Crippen LogP contribution is -2.28. The maximum absolute atomic E-state index is 10.6. The van der Waals surface area contributed by atoms with Gasteiger partial charge in [-0.05, 0) is 34.9 Å². The Balaban J connectivity index is 2.16. The highest BCUT2D eigenvalue weighted by Gasteiger charge is 2.28. The van der Waals surface area contributed by atoms with Gasteiger partial charge in [-0.15, -0.1) is 0 Å². The number of nitrogens with zero attached hydrogens (tertiary/aromatic N) is 1. The third-order valence-corrected chi connectivity index (χ3v) is 5.73. The molecule has 0 aliphatic rings. The Morgan fingerprint density at radius 1 is 1.05 bits per heavy atom. The average Bonchev–Trinajstić information content (AvgIpc) is 2.56. The summed E-state index contributed by atoms with van der Waals surface area (Å²) < 4.78 is 20.7. The Hall–Kier alpha value is -1.37. The molecule has 5 heteroatoms. The van der Waals surface area contributed by atoms with Crippen molar-refractivity contribution in [3.05, 3.63) is 66.2 Å². The number of hydrogen-bond acceptors (Lipinski definition) is 3. The summed E-state index contributed by atoms with van der Waals surface area (Å²) in [6.45, 7) is 0.610. The van der Waals surface area contributed by atoms with Gasteiger partial charge in [0, 0.05) is 26.1 Å². The van der Waals surface area contributed by atoms with Gasteiger partial charge in [0.05, 0.1) is 0 Å². The Morgan fingerprint density at radius 3 is 2.14 bits per heavy atom. The molecule has 0 saturated heterocycles. The number of aliphatic hydroxyl groups excluding tert-OH is 1. The molecule has 22 heavy (non-hydrogen) atoms. The van der Waals surface area contributed by atoms with Gasteiger partial charge in [0.25, 0.3) is 0 Å². The molecule has 0 radical (unpaired) electrons. The van der Waals surface area contributed by atoms with Gasteiger partial charge in [0.15, 0.2) is 0 Å². The molecule has 4 N–H and O–H groups in total. The molecule has 2 atom stereocenters. The topological polar surface area (TPSA) is 66.6 Å². The van der Waals surface area contributed by atoms with E-state index in [-0.39, 0.29) is 12.5 Å². The van der Waals surface area contributed by atoms with Crippen LogP contribution in [0.15, 0.2) is 65.6 Å². The van der Waals surface area contributed by atoms with Crippen LogP contribution in [-0.2, 0) is 0 Å². The Morgan fingerprint density at radius 2 is 1.59 bits per heavy atom. The molecule has 0 saturated carbocycles. The van der Waals surface area contributed by atoms with E-state index in [4.69, 9.17) is 4.55 Å². The van der Waals surface area contributed by atoms with Gasteiger partial charge in [-0.2, -0.15) is 4.31 Å². The second-order valence-corrected chi connectivity index (χ2v) is 7.48. The summed E-state index contributed by atoms with van der Waals surface area (Å²) in [5.41, 5.74) is 1.12. The zero-order chi connectivity index (χ0) is 16.0. The second-order valence-electron chi connectivity index (χ2n) is 5.29. The largest absolute Gasteiger partial charge is 0.396 e. The highest BCUT2D eigenvalue weighted by Crippen LogP contribution is 2.51. The second kappa shape index (κ2) is 7.76. The van der Waals surface area contributed by atoms with Crippen molar-refractivity contribution in [2.75, 3.05) is 20.2 Å². The number of rotatable bonds is 7. The van der Waals surface area contributed by atoms with Crippen molar-refractivity contribution in [2.24, 2.45) is 0 Å². The van der Waals surface area contributed by atoms with Crippen LogP contribution in [0.5, 0.6) is 0 Å². The van der Waals surface area contributed by atoms with Crippen molar-refractivity contribution in [3.8, 4) is 0 Å². The van der Waals surface area contributed by atoms with E-state index < -0.39 is 10.8 Å². The zero-order valence-corrected chi connectivity index (χ0v) is 13.5. The third-order valence-electron chi connectivity index (χ3n) is 3.75. The molecule has 0 amide bonds. The highest BCUT2D eigenvalue weighted by atomic mass is 32.3. The van der Waals surface area contributed by atoms with E-state index >= 15 is 0 Å². The Kier molecular flexibility index (Phi) is 5.99. The van der Waals surface area contributed by atoms with E-state index in [9.17, 15) is 9.66 Å². The summed E-state index contributed by atoms with van der Waals surface area (Å²) in [5.74, 6) is 0.0873. The van der Waals surface area contributed by atoms with Gasteiger partial charge in [-0.3, -0.25) is 0 Å². The minimum atomic E-state index is -2.76. The molecule has 0 spiro atoms. The van der Waals surface area contributed by atoms with Crippen LogP contribution in [0, 0.1) is 0 Å². The third kappa shape index (κ3) is 4.09. The van der Waals surface area contributed by atoms with Crippen LogP contribution in [0.3, 0.4) is 0 Å². The molecule has 120 valence electrons. The summed E-state index contributed by atoms with van der Waals surface area (Å²) >= 11 is 0. The lowest BCUT2D eigenvalue weighted by Gasteiger charge is -2.38. The van der Waals surface area contributed by atoms with Gasteiger partial charge < -0.3 is 9.66 Å². The van der Waals surface area contributed by atoms with Crippen LogP contribution in [0.2, 0.25) is 0 Å². The van der Waals surface area contributed by atoms with Crippen LogP contribution in [-0.4, -0.2) is 38.7 Å². The normalized spacial score (nSPS) is 17.0. The molecule has 0 aliphatic heterocycles. The van der Waals surface area contributed by atoms with Crippen LogP contribution in [0.4, 0.5) is 0 Å². The first-order chi connectivity index (χ1) is 10.6. The smallest absolute Gasteiger partial charge is 0.119 e. The summed E-state index contributed by atoms with van der Waals surface area (Å²) in [4.78, 5) is 0.619. The summed E-state index contributed by atoms with van der Waals surface area (Å²) in [5, 5.41) is 9.31. The van der Waals surface area contributed by atoms with E-state index in [2.05, 4.69) is 0 Å². The highest BCUT2D eigenvalue weighted by molar-refractivity contribution is 8.22. The molecular formula is C17H24NO3S+. The SMILES string of the molecule is CN(CC(CCO)c1ccccc1)S(O)([OH2+])c1ccccc1. The van der Waals surface area contributed by atoms with E-state index in [1.54, 1.807) is 23.5 Å². The standard InChI is InChI=1S/C17H23NO3S/c1-18(22(20,21)17-10-6-3-7-11-17)14-16(12-13-19)15-8-4-2-5-9-15/h2-11,16,19-21H,12-14H2,1H3/p+1. The first kappa shape index (κ1) is 17.0. The van der Waals surface area contributed by atoms with Crippen molar-refractivity contribution in [1.82, 2.24) is 4.31 Å². The van der Waals surface area contributed by atoms with Crippen LogP contribution < -0.4 is 0 Å². The van der Waals surface area contributed by atoms with Gasteiger partial charge in [0.1, 0.15) is 4.90 Å². The minimum absolute atomic E-state index is 0.0873. The Bertz CT molecular complexity index is 563. The van der Waals surface area contributed by atoms with Gasteiger partial charge in [0.2, 0.25) is 0 Å². The van der Waals surface area contributed by atoms with Gasteiger partial charge in [-0.1, -0.05) is 48.5 Å². The number of likely N-dealkylation sites (N-methyl/N-ethyl adjacent to an activating group) is 1. The minimum Gasteiger partial charge on any atom is -0.396 e. The van der Waals surface area contributed by atoms with Gasteiger partial charge in [-0.25, -0.2) is 4.55 Å². The summed E-state index contributed by atoms with van der Waals surface area (Å²) in [7, 11) is -0.992. The van der Waals surface area contributed by atoms with Crippen molar-refractivity contribution in [1.29, 1.82) is 0 Å². The lowest BCUT2D eigenvalue weighted by molar-refractivity contribution is 0.263. The van der Waals surface area contributed by atoms with E-state index in [1.165, 1.54) is 0 Å².